The summed E-state index contributed by atoms with van der Waals surface area (Å²) in [6, 6.07) is 13.3. The summed E-state index contributed by atoms with van der Waals surface area (Å²) in [7, 11) is -3.60. The Hall–Kier alpha value is -1.04. The zero-order chi connectivity index (χ0) is 13.9. The molecule has 0 aliphatic carbocycles. The molecule has 0 aliphatic rings. The minimum Gasteiger partial charge on any atom is -0.280 e. The van der Waals surface area contributed by atoms with Crippen LogP contribution in [0.1, 0.15) is 5.56 Å². The maximum Gasteiger partial charge on any atom is 0.261 e. The molecule has 0 saturated heterocycles. The van der Waals surface area contributed by atoms with Crippen molar-refractivity contribution < 1.29 is 8.42 Å². The smallest absolute Gasteiger partial charge is 0.261 e. The number of nitrogens with one attached hydrogen (secondary N) is 1. The number of anilines is 1. The van der Waals surface area contributed by atoms with Crippen LogP contribution in [0.25, 0.3) is 0 Å². The van der Waals surface area contributed by atoms with Crippen molar-refractivity contribution in [3.05, 3.63) is 59.1 Å². The third-order valence-corrected chi connectivity index (χ3v) is 4.73. The SMILES string of the molecule is O=S(=O)(Nc1ccc(CBr)cc1)c1cccc(Cl)c1. The van der Waals surface area contributed by atoms with Crippen molar-refractivity contribution in [3.63, 3.8) is 0 Å². The summed E-state index contributed by atoms with van der Waals surface area (Å²) in [4.78, 5) is 0.143. The van der Waals surface area contributed by atoms with Crippen LogP contribution < -0.4 is 4.72 Å². The minimum absolute atomic E-state index is 0.143. The zero-order valence-corrected chi connectivity index (χ0v) is 13.0. The van der Waals surface area contributed by atoms with Crippen LogP contribution in [0.15, 0.2) is 53.4 Å². The Labute approximate surface area is 125 Å². The topological polar surface area (TPSA) is 46.2 Å². The van der Waals surface area contributed by atoms with Crippen LogP contribution in [-0.4, -0.2) is 8.42 Å². The molecule has 0 bridgehead atoms. The first-order valence-corrected chi connectivity index (χ1v) is 8.43. The van der Waals surface area contributed by atoms with Gasteiger partial charge in [-0.3, -0.25) is 4.72 Å². The van der Waals surface area contributed by atoms with Crippen molar-refractivity contribution in [2.75, 3.05) is 4.72 Å². The lowest BCUT2D eigenvalue weighted by atomic mass is 10.2. The Bertz CT molecular complexity index is 671. The third-order valence-electron chi connectivity index (χ3n) is 2.47. The molecule has 0 radical (unpaired) electrons. The molecule has 0 aromatic heterocycles. The second-order valence-electron chi connectivity index (χ2n) is 3.89. The highest BCUT2D eigenvalue weighted by Gasteiger charge is 2.14. The zero-order valence-electron chi connectivity index (χ0n) is 9.81. The van der Waals surface area contributed by atoms with Gasteiger partial charge in [-0.15, -0.1) is 0 Å². The fraction of sp³-hybridized carbons (Fsp3) is 0.0769. The van der Waals surface area contributed by atoms with Crippen molar-refractivity contribution in [1.82, 2.24) is 0 Å². The van der Waals surface area contributed by atoms with E-state index >= 15 is 0 Å². The van der Waals surface area contributed by atoms with Gasteiger partial charge in [0.2, 0.25) is 0 Å². The molecule has 2 rings (SSSR count). The van der Waals surface area contributed by atoms with E-state index in [1.807, 2.05) is 12.1 Å². The number of alkyl halides is 1. The lowest BCUT2D eigenvalue weighted by Crippen LogP contribution is -2.12. The van der Waals surface area contributed by atoms with Gasteiger partial charge in [-0.2, -0.15) is 0 Å². The summed E-state index contributed by atoms with van der Waals surface area (Å²) < 4.78 is 26.8. The van der Waals surface area contributed by atoms with E-state index in [1.54, 1.807) is 24.3 Å². The van der Waals surface area contributed by atoms with Crippen LogP contribution in [-0.2, 0) is 15.4 Å². The van der Waals surface area contributed by atoms with E-state index < -0.39 is 10.0 Å². The first-order valence-electron chi connectivity index (χ1n) is 5.44. The maximum absolute atomic E-state index is 12.1. The first-order chi connectivity index (χ1) is 9.01. The Morgan fingerprint density at radius 2 is 1.79 bits per heavy atom. The Morgan fingerprint density at radius 1 is 1.11 bits per heavy atom. The van der Waals surface area contributed by atoms with E-state index in [1.165, 1.54) is 12.1 Å². The van der Waals surface area contributed by atoms with Crippen molar-refractivity contribution >= 4 is 43.2 Å². The molecular weight excluding hydrogens is 350 g/mol. The molecule has 0 atom stereocenters. The van der Waals surface area contributed by atoms with Crippen molar-refractivity contribution in [2.45, 2.75) is 10.2 Å². The third kappa shape index (κ3) is 3.72. The van der Waals surface area contributed by atoms with Crippen LogP contribution in [0.5, 0.6) is 0 Å². The number of halogens is 2. The van der Waals surface area contributed by atoms with Crippen LogP contribution in [0.4, 0.5) is 5.69 Å². The second kappa shape index (κ2) is 5.94. The summed E-state index contributed by atoms with van der Waals surface area (Å²) >= 11 is 9.13. The normalized spacial score (nSPS) is 11.3. The van der Waals surface area contributed by atoms with Gasteiger partial charge in [0.25, 0.3) is 10.0 Å². The minimum atomic E-state index is -3.60. The van der Waals surface area contributed by atoms with E-state index in [4.69, 9.17) is 11.6 Å². The number of hydrogen-bond donors (Lipinski definition) is 1. The van der Waals surface area contributed by atoms with E-state index in [2.05, 4.69) is 20.7 Å². The monoisotopic (exact) mass is 359 g/mol. The molecule has 100 valence electrons. The highest BCUT2D eigenvalue weighted by atomic mass is 79.9. The molecule has 0 amide bonds. The quantitative estimate of drug-likeness (QED) is 0.837. The van der Waals surface area contributed by atoms with Gasteiger partial charge in [0.1, 0.15) is 0 Å². The largest absolute Gasteiger partial charge is 0.280 e. The van der Waals surface area contributed by atoms with Gasteiger partial charge < -0.3 is 0 Å². The van der Waals surface area contributed by atoms with Gasteiger partial charge in [0.05, 0.1) is 4.90 Å². The molecular formula is C13H11BrClNO2S. The van der Waals surface area contributed by atoms with E-state index in [0.717, 1.165) is 10.9 Å². The van der Waals surface area contributed by atoms with Gasteiger partial charge in [0.15, 0.2) is 0 Å². The predicted octanol–water partition coefficient (Wildman–Crippen LogP) is 4.04. The highest BCUT2D eigenvalue weighted by Crippen LogP contribution is 2.20. The van der Waals surface area contributed by atoms with Crippen molar-refractivity contribution in [3.8, 4) is 0 Å². The second-order valence-corrected chi connectivity index (χ2v) is 6.57. The summed E-state index contributed by atoms with van der Waals surface area (Å²) in [6.07, 6.45) is 0. The lowest BCUT2D eigenvalue weighted by Gasteiger charge is -2.08. The molecule has 0 saturated carbocycles. The Morgan fingerprint density at radius 3 is 2.37 bits per heavy atom. The van der Waals surface area contributed by atoms with Crippen LogP contribution >= 0.6 is 27.5 Å². The van der Waals surface area contributed by atoms with Gasteiger partial charge in [-0.1, -0.05) is 45.7 Å². The molecule has 6 heteroatoms. The van der Waals surface area contributed by atoms with Crippen LogP contribution in [0.3, 0.4) is 0 Å². The average molecular weight is 361 g/mol. The number of rotatable bonds is 4. The first kappa shape index (κ1) is 14.4. The number of hydrogen-bond acceptors (Lipinski definition) is 2. The van der Waals surface area contributed by atoms with Gasteiger partial charge in [-0.25, -0.2) is 8.42 Å². The fourth-order valence-electron chi connectivity index (χ4n) is 1.51. The molecule has 3 nitrogen and oxygen atoms in total. The Balaban J connectivity index is 2.25. The van der Waals surface area contributed by atoms with Crippen molar-refractivity contribution in [2.24, 2.45) is 0 Å². The predicted molar refractivity (Wildman–Crippen MR) is 81.3 cm³/mol. The average Bonchev–Trinajstić information content (AvgIpc) is 2.39. The Kier molecular flexibility index (Phi) is 4.50. The summed E-state index contributed by atoms with van der Waals surface area (Å²) in [5, 5.41) is 1.12. The molecule has 0 unspecified atom stereocenters. The molecule has 0 fully saturated rings. The summed E-state index contributed by atoms with van der Waals surface area (Å²) in [6.45, 7) is 0. The molecule has 0 heterocycles. The van der Waals surface area contributed by atoms with Gasteiger partial charge in [-0.05, 0) is 35.9 Å². The standard InChI is InChI=1S/C13H11BrClNO2S/c14-9-10-4-6-12(7-5-10)16-19(17,18)13-3-1-2-11(15)8-13/h1-8,16H,9H2. The molecule has 1 N–H and O–H groups in total. The number of benzene rings is 2. The van der Waals surface area contributed by atoms with Crippen molar-refractivity contribution in [1.29, 1.82) is 0 Å². The number of sulfonamides is 1. The van der Waals surface area contributed by atoms with Gasteiger partial charge in [0, 0.05) is 16.0 Å². The summed E-state index contributed by atoms with van der Waals surface area (Å²) in [5.41, 5.74) is 1.59. The lowest BCUT2D eigenvalue weighted by molar-refractivity contribution is 0.601. The van der Waals surface area contributed by atoms with E-state index in [9.17, 15) is 8.42 Å². The molecule has 0 aliphatic heterocycles. The van der Waals surface area contributed by atoms with Crippen LogP contribution in [0.2, 0.25) is 5.02 Å². The fourth-order valence-corrected chi connectivity index (χ4v) is 3.24. The molecule has 2 aromatic carbocycles. The van der Waals surface area contributed by atoms with Gasteiger partial charge >= 0.3 is 0 Å². The van der Waals surface area contributed by atoms with E-state index in [0.29, 0.717) is 10.7 Å². The summed E-state index contributed by atoms with van der Waals surface area (Å²) in [5.74, 6) is 0. The maximum atomic E-state index is 12.1. The molecule has 0 spiro atoms. The molecule has 19 heavy (non-hydrogen) atoms. The van der Waals surface area contributed by atoms with Crippen LogP contribution in [0, 0.1) is 0 Å². The highest BCUT2D eigenvalue weighted by molar-refractivity contribution is 9.08. The van der Waals surface area contributed by atoms with E-state index in [-0.39, 0.29) is 4.90 Å². The molecule has 2 aromatic rings.